The molecular formula is C20H21N3O4. The Bertz CT molecular complexity index is 989. The molecule has 0 unspecified atom stereocenters. The van der Waals surface area contributed by atoms with Crippen LogP contribution in [0.3, 0.4) is 0 Å². The Morgan fingerprint density at radius 1 is 1.15 bits per heavy atom. The molecule has 0 aliphatic carbocycles. The van der Waals surface area contributed by atoms with Gasteiger partial charge in [0, 0.05) is 24.4 Å². The van der Waals surface area contributed by atoms with E-state index in [0.29, 0.717) is 40.3 Å². The van der Waals surface area contributed by atoms with Crippen molar-refractivity contribution in [2.75, 3.05) is 25.6 Å². The third-order valence-corrected chi connectivity index (χ3v) is 4.27. The number of benzene rings is 1. The molecule has 0 saturated carbocycles. The van der Waals surface area contributed by atoms with E-state index in [1.54, 1.807) is 26.1 Å². The highest BCUT2D eigenvalue weighted by molar-refractivity contribution is 6.09. The van der Waals surface area contributed by atoms with Crippen LogP contribution in [-0.4, -0.2) is 42.2 Å². The van der Waals surface area contributed by atoms with Gasteiger partial charge in [-0.3, -0.25) is 9.78 Å². The molecule has 0 radical (unpaired) electrons. The molecule has 0 bridgehead atoms. The summed E-state index contributed by atoms with van der Waals surface area (Å²) in [4.78, 5) is 32.4. The normalized spacial score (nSPS) is 10.8. The van der Waals surface area contributed by atoms with Crippen LogP contribution >= 0.6 is 0 Å². The lowest BCUT2D eigenvalue weighted by molar-refractivity contribution is 0.0387. The number of hydrogen-bond acceptors (Lipinski definition) is 5. The first-order valence-electron chi connectivity index (χ1n) is 8.53. The standard InChI is InChI=1S/C20H21N3O4/c1-12-16(20(25)27-11-10-26-3)13(2)22-17(12)19(24)23-15-8-4-6-14-7-5-9-21-18(14)15/h4-9,22H,10-11H2,1-3H3,(H,23,24). The molecule has 0 saturated heterocycles. The molecule has 3 aromatic rings. The van der Waals surface area contributed by atoms with E-state index in [1.165, 1.54) is 7.11 Å². The lowest BCUT2D eigenvalue weighted by atomic mass is 10.1. The Morgan fingerprint density at radius 3 is 2.70 bits per heavy atom. The van der Waals surface area contributed by atoms with Crippen molar-refractivity contribution >= 4 is 28.5 Å². The topological polar surface area (TPSA) is 93.3 Å². The minimum absolute atomic E-state index is 0.155. The number of nitrogens with one attached hydrogen (secondary N) is 2. The number of rotatable bonds is 6. The highest BCUT2D eigenvalue weighted by Gasteiger charge is 2.23. The molecule has 2 aromatic heterocycles. The van der Waals surface area contributed by atoms with Gasteiger partial charge in [-0.25, -0.2) is 4.79 Å². The number of fused-ring (bicyclic) bond motifs is 1. The van der Waals surface area contributed by atoms with Crippen LogP contribution in [-0.2, 0) is 9.47 Å². The number of ether oxygens (including phenoxy) is 2. The van der Waals surface area contributed by atoms with Gasteiger partial charge < -0.3 is 19.8 Å². The van der Waals surface area contributed by atoms with Gasteiger partial charge in [0.1, 0.15) is 12.3 Å². The molecule has 2 heterocycles. The molecule has 2 N–H and O–H groups in total. The fourth-order valence-electron chi connectivity index (χ4n) is 2.96. The number of carbonyl (C=O) groups excluding carboxylic acids is 2. The SMILES string of the molecule is COCCOC(=O)c1c(C)[nH]c(C(=O)Nc2cccc3cccnc23)c1C. The lowest BCUT2D eigenvalue weighted by Crippen LogP contribution is -2.15. The molecule has 140 valence electrons. The van der Waals surface area contributed by atoms with Crippen molar-refractivity contribution < 1.29 is 19.1 Å². The molecule has 27 heavy (non-hydrogen) atoms. The van der Waals surface area contributed by atoms with E-state index in [4.69, 9.17) is 9.47 Å². The van der Waals surface area contributed by atoms with Crippen LogP contribution in [0, 0.1) is 13.8 Å². The van der Waals surface area contributed by atoms with Gasteiger partial charge in [0.2, 0.25) is 0 Å². The largest absolute Gasteiger partial charge is 0.460 e. The van der Waals surface area contributed by atoms with E-state index in [0.717, 1.165) is 5.39 Å². The maximum Gasteiger partial charge on any atom is 0.340 e. The number of esters is 1. The van der Waals surface area contributed by atoms with Gasteiger partial charge in [-0.05, 0) is 31.5 Å². The van der Waals surface area contributed by atoms with Gasteiger partial charge in [-0.2, -0.15) is 0 Å². The average molecular weight is 367 g/mol. The molecule has 0 spiro atoms. The number of para-hydroxylation sites is 1. The first-order valence-corrected chi connectivity index (χ1v) is 8.53. The third-order valence-electron chi connectivity index (χ3n) is 4.27. The molecule has 7 nitrogen and oxygen atoms in total. The van der Waals surface area contributed by atoms with E-state index < -0.39 is 5.97 Å². The summed E-state index contributed by atoms with van der Waals surface area (Å²) >= 11 is 0. The van der Waals surface area contributed by atoms with Crippen LogP contribution in [0.2, 0.25) is 0 Å². The molecular weight excluding hydrogens is 346 g/mol. The van der Waals surface area contributed by atoms with Crippen molar-refractivity contribution in [2.45, 2.75) is 13.8 Å². The van der Waals surface area contributed by atoms with Crippen LogP contribution < -0.4 is 5.32 Å². The maximum atomic E-state index is 12.8. The van der Waals surface area contributed by atoms with Crippen LogP contribution in [0.15, 0.2) is 36.5 Å². The fourth-order valence-corrected chi connectivity index (χ4v) is 2.96. The molecule has 1 amide bonds. The van der Waals surface area contributed by atoms with E-state index in [2.05, 4.69) is 15.3 Å². The van der Waals surface area contributed by atoms with Gasteiger partial charge in [0.15, 0.2) is 0 Å². The van der Waals surface area contributed by atoms with E-state index in [1.807, 2.05) is 24.3 Å². The van der Waals surface area contributed by atoms with Crippen LogP contribution in [0.4, 0.5) is 5.69 Å². The van der Waals surface area contributed by atoms with Gasteiger partial charge >= 0.3 is 5.97 Å². The first-order chi connectivity index (χ1) is 13.0. The molecule has 3 rings (SSSR count). The number of nitrogens with zero attached hydrogens (tertiary/aromatic N) is 1. The van der Waals surface area contributed by atoms with Crippen molar-refractivity contribution in [2.24, 2.45) is 0 Å². The maximum absolute atomic E-state index is 12.8. The number of hydrogen-bond donors (Lipinski definition) is 2. The third kappa shape index (κ3) is 3.83. The average Bonchev–Trinajstić information content (AvgIpc) is 2.96. The summed E-state index contributed by atoms with van der Waals surface area (Å²) in [6, 6.07) is 9.34. The number of carbonyl (C=O) groups is 2. The second-order valence-corrected chi connectivity index (χ2v) is 6.09. The van der Waals surface area contributed by atoms with Crippen molar-refractivity contribution in [3.05, 3.63) is 59.0 Å². The number of methoxy groups -OCH3 is 1. The van der Waals surface area contributed by atoms with Crippen molar-refractivity contribution in [1.29, 1.82) is 0 Å². The van der Waals surface area contributed by atoms with Gasteiger partial charge in [-0.15, -0.1) is 0 Å². The summed E-state index contributed by atoms with van der Waals surface area (Å²) in [5.74, 6) is -0.825. The number of aromatic amines is 1. The molecule has 1 aromatic carbocycles. The minimum atomic E-state index is -0.482. The summed E-state index contributed by atoms with van der Waals surface area (Å²) in [6.07, 6.45) is 1.68. The number of amides is 1. The Kier molecular flexibility index (Phi) is 5.52. The summed E-state index contributed by atoms with van der Waals surface area (Å²) in [6.45, 7) is 3.92. The molecule has 7 heteroatoms. The summed E-state index contributed by atoms with van der Waals surface area (Å²) in [5, 5.41) is 3.80. The number of anilines is 1. The predicted molar refractivity (Wildman–Crippen MR) is 102 cm³/mol. The first kappa shape index (κ1) is 18.6. The Balaban J connectivity index is 1.85. The fraction of sp³-hybridized carbons (Fsp3) is 0.250. The minimum Gasteiger partial charge on any atom is -0.460 e. The lowest BCUT2D eigenvalue weighted by Gasteiger charge is -2.08. The highest BCUT2D eigenvalue weighted by atomic mass is 16.6. The summed E-state index contributed by atoms with van der Waals surface area (Å²) in [5.41, 5.74) is 3.12. The molecule has 0 fully saturated rings. The Hall–Kier alpha value is -3.19. The smallest absolute Gasteiger partial charge is 0.340 e. The second kappa shape index (κ2) is 8.01. The van der Waals surface area contributed by atoms with Crippen LogP contribution in [0.5, 0.6) is 0 Å². The zero-order valence-corrected chi connectivity index (χ0v) is 15.5. The molecule has 0 atom stereocenters. The van der Waals surface area contributed by atoms with Crippen molar-refractivity contribution in [3.8, 4) is 0 Å². The zero-order valence-electron chi connectivity index (χ0n) is 15.5. The molecule has 0 aliphatic rings. The second-order valence-electron chi connectivity index (χ2n) is 6.09. The van der Waals surface area contributed by atoms with E-state index in [-0.39, 0.29) is 12.5 Å². The van der Waals surface area contributed by atoms with Crippen LogP contribution in [0.25, 0.3) is 10.9 Å². The molecule has 0 aliphatic heterocycles. The monoisotopic (exact) mass is 367 g/mol. The van der Waals surface area contributed by atoms with Gasteiger partial charge in [-0.1, -0.05) is 18.2 Å². The van der Waals surface area contributed by atoms with Gasteiger partial charge in [0.05, 0.1) is 23.4 Å². The van der Waals surface area contributed by atoms with Gasteiger partial charge in [0.25, 0.3) is 5.91 Å². The highest BCUT2D eigenvalue weighted by Crippen LogP contribution is 2.23. The summed E-state index contributed by atoms with van der Waals surface area (Å²) < 4.78 is 10.1. The Labute approximate surface area is 156 Å². The number of H-pyrrole nitrogens is 1. The predicted octanol–water partition coefficient (Wildman–Crippen LogP) is 3.24. The van der Waals surface area contributed by atoms with Crippen LogP contribution in [0.1, 0.15) is 32.1 Å². The number of aryl methyl sites for hydroxylation is 1. The number of pyridine rings is 1. The van der Waals surface area contributed by atoms with E-state index in [9.17, 15) is 9.59 Å². The quantitative estimate of drug-likeness (QED) is 0.515. The van der Waals surface area contributed by atoms with Crippen molar-refractivity contribution in [3.63, 3.8) is 0 Å². The zero-order chi connectivity index (χ0) is 19.4. The number of aromatic nitrogens is 2. The van der Waals surface area contributed by atoms with E-state index >= 15 is 0 Å². The Morgan fingerprint density at radius 2 is 1.93 bits per heavy atom. The summed E-state index contributed by atoms with van der Waals surface area (Å²) in [7, 11) is 1.53. The van der Waals surface area contributed by atoms with Crippen molar-refractivity contribution in [1.82, 2.24) is 9.97 Å².